The Hall–Kier alpha value is -1.94. The van der Waals surface area contributed by atoms with Crippen LogP contribution in [0.1, 0.15) is 298 Å². The molecule has 0 aromatic rings. The first-order valence-corrected chi connectivity index (χ1v) is 34.7. The highest BCUT2D eigenvalue weighted by Gasteiger charge is 2.30. The summed E-state index contributed by atoms with van der Waals surface area (Å²) in [6, 6.07) is 0. The number of phosphoric acid groups is 2. The molecule has 0 bridgehead atoms. The van der Waals surface area contributed by atoms with Gasteiger partial charge >= 0.3 is 39.5 Å². The Morgan fingerprint density at radius 2 is 0.608 bits per heavy atom. The van der Waals surface area contributed by atoms with Gasteiger partial charge in [0.05, 0.1) is 26.4 Å². The molecule has 0 rings (SSSR count). The van der Waals surface area contributed by atoms with Gasteiger partial charge in [-0.05, 0) is 31.6 Å². The van der Waals surface area contributed by atoms with Gasteiger partial charge in [-0.25, -0.2) is 9.13 Å². The number of aliphatic hydroxyl groups excluding tert-OH is 1. The van der Waals surface area contributed by atoms with Crippen LogP contribution in [0.2, 0.25) is 0 Å². The second-order valence-corrected chi connectivity index (χ2v) is 24.9. The molecule has 79 heavy (non-hydrogen) atoms. The molecule has 0 aromatic carbocycles. The van der Waals surface area contributed by atoms with E-state index in [1.165, 1.54) is 116 Å². The minimum atomic E-state index is -4.94. The van der Waals surface area contributed by atoms with Crippen molar-refractivity contribution in [1.82, 2.24) is 0 Å². The average Bonchev–Trinajstić information content (AvgIpc) is 3.42. The molecule has 468 valence electrons. The fraction of sp³-hybridized carbons (Fsp3) is 0.933. The number of carbonyl (C=O) groups is 4. The second-order valence-electron chi connectivity index (χ2n) is 22.0. The van der Waals surface area contributed by atoms with E-state index in [4.69, 9.17) is 37.0 Å². The summed E-state index contributed by atoms with van der Waals surface area (Å²) in [5.74, 6) is -1.37. The minimum absolute atomic E-state index is 0.105. The standard InChI is InChI=1S/C60H116O17P2/c1-6-10-13-16-18-20-21-22-23-25-31-36-41-46-60(65)77-56(50-71-58(63)44-39-34-29-27-26-28-33-37-42-53(5)9-4)52-75-79(68,69)73-48-54(61)47-72-78(66,67)74-51-55(49-70-57(62)43-38-32-15-12-8-3)76-59(64)45-40-35-30-24-19-17-14-11-7-2/h53-56,61H,6-52H2,1-5H3,(H,66,67)(H,68,69)/t53?,54-,55+,56+/m0/s1. The monoisotopic (exact) mass is 1170 g/mol. The van der Waals surface area contributed by atoms with Crippen molar-refractivity contribution in [3.05, 3.63) is 0 Å². The Labute approximate surface area is 479 Å². The summed E-state index contributed by atoms with van der Waals surface area (Å²) < 4.78 is 67.6. The van der Waals surface area contributed by atoms with Crippen LogP contribution in [0.25, 0.3) is 0 Å². The van der Waals surface area contributed by atoms with Crippen molar-refractivity contribution in [3.63, 3.8) is 0 Å². The number of carbonyl (C=O) groups excluding carboxylic acids is 4. The van der Waals surface area contributed by atoms with Gasteiger partial charge in [-0.2, -0.15) is 0 Å². The van der Waals surface area contributed by atoms with E-state index < -0.39 is 97.5 Å². The lowest BCUT2D eigenvalue weighted by atomic mass is 9.99. The van der Waals surface area contributed by atoms with Crippen molar-refractivity contribution in [1.29, 1.82) is 0 Å². The maximum Gasteiger partial charge on any atom is 0.472 e. The van der Waals surface area contributed by atoms with E-state index in [1.807, 2.05) is 0 Å². The van der Waals surface area contributed by atoms with E-state index >= 15 is 0 Å². The summed E-state index contributed by atoms with van der Waals surface area (Å²) in [4.78, 5) is 71.7. The molecule has 3 unspecified atom stereocenters. The van der Waals surface area contributed by atoms with Gasteiger partial charge in [0.2, 0.25) is 0 Å². The highest BCUT2D eigenvalue weighted by atomic mass is 31.2. The number of unbranched alkanes of at least 4 members (excludes halogenated alkanes) is 31. The van der Waals surface area contributed by atoms with Gasteiger partial charge in [-0.15, -0.1) is 0 Å². The molecule has 17 nitrogen and oxygen atoms in total. The molecular formula is C60H116O17P2. The minimum Gasteiger partial charge on any atom is -0.462 e. The summed E-state index contributed by atoms with van der Waals surface area (Å²) in [7, 11) is -9.87. The highest BCUT2D eigenvalue weighted by molar-refractivity contribution is 7.47. The molecule has 3 N–H and O–H groups in total. The molecule has 0 aromatic heterocycles. The van der Waals surface area contributed by atoms with Gasteiger partial charge in [-0.3, -0.25) is 37.3 Å². The zero-order valence-electron chi connectivity index (χ0n) is 50.5. The Balaban J connectivity index is 5.19. The number of rotatable bonds is 60. The van der Waals surface area contributed by atoms with Gasteiger partial charge in [0.25, 0.3) is 0 Å². The molecule has 0 fully saturated rings. The summed E-state index contributed by atoms with van der Waals surface area (Å²) in [6.45, 7) is 7.07. The fourth-order valence-electron chi connectivity index (χ4n) is 8.84. The number of phosphoric ester groups is 2. The molecule has 0 radical (unpaired) electrons. The number of esters is 4. The lowest BCUT2D eigenvalue weighted by Gasteiger charge is -2.21. The van der Waals surface area contributed by atoms with Crippen LogP contribution in [-0.2, 0) is 65.4 Å². The van der Waals surface area contributed by atoms with E-state index in [9.17, 15) is 43.2 Å². The van der Waals surface area contributed by atoms with E-state index in [-0.39, 0.29) is 25.7 Å². The van der Waals surface area contributed by atoms with Crippen molar-refractivity contribution in [2.45, 2.75) is 316 Å². The quantitative estimate of drug-likeness (QED) is 0.0222. The SMILES string of the molecule is CCCCCCCCCCCCCCCC(=O)O[C@H](COC(=O)CCCCCCCCCCC(C)CC)COP(=O)(O)OC[C@@H](O)COP(=O)(O)OC[C@@H](COC(=O)CCCCCCC)OC(=O)CCCCCCCCCCC. The molecule has 0 saturated carbocycles. The van der Waals surface area contributed by atoms with Gasteiger partial charge < -0.3 is 33.8 Å². The maximum absolute atomic E-state index is 12.9. The van der Waals surface area contributed by atoms with Crippen LogP contribution in [0.3, 0.4) is 0 Å². The smallest absolute Gasteiger partial charge is 0.462 e. The second kappa shape index (κ2) is 54.0. The topological polar surface area (TPSA) is 237 Å². The fourth-order valence-corrected chi connectivity index (χ4v) is 10.4. The first-order valence-electron chi connectivity index (χ1n) is 31.7. The van der Waals surface area contributed by atoms with Crippen LogP contribution in [0, 0.1) is 5.92 Å². The lowest BCUT2D eigenvalue weighted by molar-refractivity contribution is -0.161. The van der Waals surface area contributed by atoms with Crippen LogP contribution >= 0.6 is 15.6 Å². The highest BCUT2D eigenvalue weighted by Crippen LogP contribution is 2.45. The number of ether oxygens (including phenoxy) is 4. The number of hydrogen-bond donors (Lipinski definition) is 3. The molecule has 0 aliphatic heterocycles. The molecule has 0 saturated heterocycles. The molecule has 0 heterocycles. The largest absolute Gasteiger partial charge is 0.472 e. The number of hydrogen-bond acceptors (Lipinski definition) is 15. The molecule has 0 amide bonds. The third kappa shape index (κ3) is 53.8. The average molecular weight is 1170 g/mol. The van der Waals surface area contributed by atoms with E-state index in [1.54, 1.807) is 0 Å². The summed E-state index contributed by atoms with van der Waals surface area (Å²) in [5.41, 5.74) is 0. The van der Waals surface area contributed by atoms with Crippen molar-refractivity contribution in [2.75, 3.05) is 39.6 Å². The summed E-state index contributed by atoms with van der Waals surface area (Å²) >= 11 is 0. The summed E-state index contributed by atoms with van der Waals surface area (Å²) in [6.07, 6.45) is 36.4. The van der Waals surface area contributed by atoms with Crippen LogP contribution in [0.4, 0.5) is 0 Å². The van der Waals surface area contributed by atoms with Gasteiger partial charge in [0, 0.05) is 25.7 Å². The zero-order chi connectivity index (χ0) is 58.5. The Kier molecular flexibility index (Phi) is 52.7. The molecule has 19 heteroatoms. The van der Waals surface area contributed by atoms with Crippen LogP contribution in [0.15, 0.2) is 0 Å². The van der Waals surface area contributed by atoms with Crippen LogP contribution < -0.4 is 0 Å². The maximum atomic E-state index is 12.9. The van der Waals surface area contributed by atoms with Gasteiger partial charge in [-0.1, -0.05) is 247 Å². The van der Waals surface area contributed by atoms with Crippen LogP contribution in [-0.4, -0.2) is 96.7 Å². The Bertz CT molecular complexity index is 1550. The third-order valence-electron chi connectivity index (χ3n) is 14.1. The van der Waals surface area contributed by atoms with Crippen molar-refractivity contribution in [3.8, 4) is 0 Å². The Morgan fingerprint density at radius 3 is 0.899 bits per heavy atom. The molecule has 0 spiro atoms. The van der Waals surface area contributed by atoms with E-state index in [2.05, 4.69) is 34.6 Å². The third-order valence-corrected chi connectivity index (χ3v) is 16.0. The first-order chi connectivity index (χ1) is 38.1. The van der Waals surface area contributed by atoms with Crippen molar-refractivity contribution >= 4 is 39.5 Å². The molecule has 0 aliphatic carbocycles. The van der Waals surface area contributed by atoms with Crippen molar-refractivity contribution < 1.29 is 80.2 Å². The predicted molar refractivity (Wildman–Crippen MR) is 312 cm³/mol. The summed E-state index contributed by atoms with van der Waals surface area (Å²) in [5, 5.41) is 10.5. The van der Waals surface area contributed by atoms with E-state index in [0.29, 0.717) is 25.7 Å². The first kappa shape index (κ1) is 77.1. The van der Waals surface area contributed by atoms with Gasteiger partial charge in [0.1, 0.15) is 19.3 Å². The molecule has 6 atom stereocenters. The number of aliphatic hydroxyl groups is 1. The predicted octanol–water partition coefficient (Wildman–Crippen LogP) is 16.2. The van der Waals surface area contributed by atoms with Crippen LogP contribution in [0.5, 0.6) is 0 Å². The van der Waals surface area contributed by atoms with Gasteiger partial charge in [0.15, 0.2) is 12.2 Å². The van der Waals surface area contributed by atoms with E-state index in [0.717, 1.165) is 102 Å². The lowest BCUT2D eigenvalue weighted by Crippen LogP contribution is -2.30. The molecule has 0 aliphatic rings. The van der Waals surface area contributed by atoms with Crippen molar-refractivity contribution in [2.24, 2.45) is 5.92 Å². The normalized spacial score (nSPS) is 14.7. The Morgan fingerprint density at radius 1 is 0.354 bits per heavy atom. The molecular weight excluding hydrogens is 1050 g/mol. The zero-order valence-corrected chi connectivity index (χ0v) is 52.3.